The van der Waals surface area contributed by atoms with Crippen molar-refractivity contribution < 1.29 is 28.6 Å². The van der Waals surface area contributed by atoms with Gasteiger partial charge in [-0.1, -0.05) is 247 Å². The highest BCUT2D eigenvalue weighted by molar-refractivity contribution is 5.71. The fraction of sp³-hybridized carbons (Fsp3) is 0.721. The zero-order chi connectivity index (χ0) is 48.6. The summed E-state index contributed by atoms with van der Waals surface area (Å²) in [6.45, 7) is 6.47. The molecule has 0 aromatic rings. The maximum Gasteiger partial charge on any atom is 0.306 e. The van der Waals surface area contributed by atoms with Gasteiger partial charge in [0.1, 0.15) is 13.2 Å². The number of allylic oxidation sites excluding steroid dienone is 14. The topological polar surface area (TPSA) is 78.9 Å². The van der Waals surface area contributed by atoms with Gasteiger partial charge in [-0.3, -0.25) is 14.4 Å². The number of carbonyl (C=O) groups excluding carboxylic acids is 3. The Bertz CT molecular complexity index is 1300. The van der Waals surface area contributed by atoms with E-state index in [4.69, 9.17) is 14.2 Å². The Morgan fingerprint density at radius 2 is 0.612 bits per heavy atom. The molecule has 0 radical (unpaired) electrons. The molecule has 0 rings (SSSR count). The molecule has 0 aromatic carbocycles. The Morgan fingerprint density at radius 3 is 0.970 bits per heavy atom. The molecule has 384 valence electrons. The lowest BCUT2D eigenvalue weighted by Crippen LogP contribution is -2.30. The summed E-state index contributed by atoms with van der Waals surface area (Å²) >= 11 is 0. The van der Waals surface area contributed by atoms with Crippen molar-refractivity contribution in [2.24, 2.45) is 0 Å². The molecule has 0 amide bonds. The van der Waals surface area contributed by atoms with Crippen LogP contribution in [-0.2, 0) is 28.6 Å². The molecule has 1 atom stereocenters. The van der Waals surface area contributed by atoms with E-state index in [1.807, 2.05) is 6.08 Å². The first-order valence-corrected chi connectivity index (χ1v) is 28.1. The summed E-state index contributed by atoms with van der Waals surface area (Å²) < 4.78 is 16.8. The van der Waals surface area contributed by atoms with Crippen LogP contribution >= 0.6 is 0 Å². The van der Waals surface area contributed by atoms with Gasteiger partial charge in [-0.25, -0.2) is 0 Å². The van der Waals surface area contributed by atoms with Gasteiger partial charge in [0.05, 0.1) is 0 Å². The third-order valence-corrected chi connectivity index (χ3v) is 11.9. The molecule has 0 spiro atoms. The molecule has 67 heavy (non-hydrogen) atoms. The molecule has 0 heterocycles. The summed E-state index contributed by atoms with van der Waals surface area (Å²) in [7, 11) is 0. The molecule has 0 saturated carbocycles. The molecule has 0 fully saturated rings. The average Bonchev–Trinajstić information content (AvgIpc) is 3.33. The van der Waals surface area contributed by atoms with E-state index in [0.717, 1.165) is 89.9 Å². The first kappa shape index (κ1) is 63.6. The van der Waals surface area contributed by atoms with Crippen LogP contribution in [0, 0.1) is 0 Å². The summed E-state index contributed by atoms with van der Waals surface area (Å²) in [6, 6.07) is 0. The van der Waals surface area contributed by atoms with Gasteiger partial charge in [0.2, 0.25) is 0 Å². The highest BCUT2D eigenvalue weighted by Crippen LogP contribution is 2.15. The van der Waals surface area contributed by atoms with Gasteiger partial charge >= 0.3 is 17.9 Å². The molecular formula is C61H104O6. The Labute approximate surface area is 414 Å². The largest absolute Gasteiger partial charge is 0.462 e. The van der Waals surface area contributed by atoms with Crippen LogP contribution in [0.5, 0.6) is 0 Å². The zero-order valence-corrected chi connectivity index (χ0v) is 43.9. The number of carbonyl (C=O) groups is 3. The SMILES string of the molecule is CC/C=C\C/C=C\C/C=C\C/C=C\C/C=C\C/C=C\CCC(=O)O[C@H](COC(=O)CCCCCCC/C=C\CCCCCCCC)COC(=O)CCCCCCCCCCCCCCCCC. The summed E-state index contributed by atoms with van der Waals surface area (Å²) in [5, 5.41) is 0. The van der Waals surface area contributed by atoms with Gasteiger partial charge in [0, 0.05) is 19.3 Å². The Balaban J connectivity index is 4.51. The molecule has 0 aromatic heterocycles. The minimum Gasteiger partial charge on any atom is -0.462 e. The number of ether oxygens (including phenoxy) is 3. The lowest BCUT2D eigenvalue weighted by Gasteiger charge is -2.18. The zero-order valence-electron chi connectivity index (χ0n) is 43.9. The van der Waals surface area contributed by atoms with E-state index < -0.39 is 12.1 Å². The van der Waals surface area contributed by atoms with Gasteiger partial charge in [-0.05, 0) is 83.5 Å². The third-order valence-electron chi connectivity index (χ3n) is 11.9. The van der Waals surface area contributed by atoms with Gasteiger partial charge in [0.25, 0.3) is 0 Å². The second kappa shape index (κ2) is 55.2. The highest BCUT2D eigenvalue weighted by atomic mass is 16.6. The molecule has 6 heteroatoms. The van der Waals surface area contributed by atoms with E-state index in [0.29, 0.717) is 19.3 Å². The number of rotatable bonds is 50. The maximum atomic E-state index is 12.8. The van der Waals surface area contributed by atoms with E-state index in [9.17, 15) is 14.4 Å². The summed E-state index contributed by atoms with van der Waals surface area (Å²) in [4.78, 5) is 38.1. The molecule has 0 bridgehead atoms. The van der Waals surface area contributed by atoms with Crippen LogP contribution in [0.1, 0.15) is 265 Å². The average molecular weight is 933 g/mol. The smallest absolute Gasteiger partial charge is 0.306 e. The minimum atomic E-state index is -0.819. The van der Waals surface area contributed by atoms with Crippen molar-refractivity contribution >= 4 is 17.9 Å². The first-order valence-electron chi connectivity index (χ1n) is 28.1. The van der Waals surface area contributed by atoms with Crippen molar-refractivity contribution in [1.29, 1.82) is 0 Å². The van der Waals surface area contributed by atoms with E-state index in [-0.39, 0.29) is 31.6 Å². The lowest BCUT2D eigenvalue weighted by molar-refractivity contribution is -0.166. The fourth-order valence-electron chi connectivity index (χ4n) is 7.70. The molecule has 0 aliphatic heterocycles. The summed E-state index contributed by atoms with van der Waals surface area (Å²) in [5.41, 5.74) is 0. The quantitative estimate of drug-likeness (QED) is 0.0262. The van der Waals surface area contributed by atoms with Crippen molar-refractivity contribution in [3.63, 3.8) is 0 Å². The van der Waals surface area contributed by atoms with Crippen molar-refractivity contribution in [2.45, 2.75) is 271 Å². The second-order valence-corrected chi connectivity index (χ2v) is 18.5. The molecule has 0 saturated heterocycles. The normalized spacial score (nSPS) is 12.7. The van der Waals surface area contributed by atoms with E-state index >= 15 is 0 Å². The number of esters is 3. The van der Waals surface area contributed by atoms with Gasteiger partial charge in [0.15, 0.2) is 6.10 Å². The fourth-order valence-corrected chi connectivity index (χ4v) is 7.70. The second-order valence-electron chi connectivity index (χ2n) is 18.5. The number of unbranched alkanes of at least 4 members (excludes halogenated alkanes) is 25. The van der Waals surface area contributed by atoms with Crippen LogP contribution < -0.4 is 0 Å². The standard InChI is InChI=1S/C61H104O6/c1-4-7-10-13-16-19-22-25-28-29-30-31-34-37-40-43-46-49-52-55-61(64)67-58(56-65-59(62)53-50-47-44-41-38-35-32-26-23-20-17-14-11-8-5-2)57-66-60(63)54-51-48-45-42-39-36-33-27-24-21-18-15-12-9-6-3/h7,10,16,19,25-26,28,30-32,37,40,46,49,58H,4-6,8-9,11-15,17-18,20-24,27,29,33-36,38-39,41-45,47-48,50-57H2,1-3H3/b10-7-,19-16-,28-25-,31-30-,32-26-,40-37-,49-46-/t58-/m1/s1. The van der Waals surface area contributed by atoms with Crippen LogP contribution in [-0.4, -0.2) is 37.2 Å². The van der Waals surface area contributed by atoms with Crippen LogP contribution in [0.3, 0.4) is 0 Å². The van der Waals surface area contributed by atoms with Crippen LogP contribution in [0.15, 0.2) is 85.1 Å². The predicted molar refractivity (Wildman–Crippen MR) is 288 cm³/mol. The monoisotopic (exact) mass is 933 g/mol. The van der Waals surface area contributed by atoms with Gasteiger partial charge in [-0.2, -0.15) is 0 Å². The van der Waals surface area contributed by atoms with Crippen LogP contribution in [0.4, 0.5) is 0 Å². The first-order chi connectivity index (χ1) is 33.0. The lowest BCUT2D eigenvalue weighted by atomic mass is 10.0. The van der Waals surface area contributed by atoms with Crippen LogP contribution in [0.2, 0.25) is 0 Å². The Hall–Kier alpha value is -3.41. The Kier molecular flexibility index (Phi) is 52.4. The van der Waals surface area contributed by atoms with E-state index in [2.05, 4.69) is 99.8 Å². The summed E-state index contributed by atoms with van der Waals surface area (Å²) in [5.74, 6) is -0.995. The summed E-state index contributed by atoms with van der Waals surface area (Å²) in [6.07, 6.45) is 71.5. The maximum absolute atomic E-state index is 12.8. The third kappa shape index (κ3) is 53.4. The molecular weight excluding hydrogens is 829 g/mol. The highest BCUT2D eigenvalue weighted by Gasteiger charge is 2.19. The van der Waals surface area contributed by atoms with Crippen molar-refractivity contribution in [3.05, 3.63) is 85.1 Å². The van der Waals surface area contributed by atoms with E-state index in [1.54, 1.807) is 0 Å². The van der Waals surface area contributed by atoms with Crippen molar-refractivity contribution in [3.8, 4) is 0 Å². The van der Waals surface area contributed by atoms with E-state index in [1.165, 1.54) is 128 Å². The van der Waals surface area contributed by atoms with Gasteiger partial charge in [-0.15, -0.1) is 0 Å². The van der Waals surface area contributed by atoms with Gasteiger partial charge < -0.3 is 14.2 Å². The molecule has 0 aliphatic carbocycles. The molecule has 0 aliphatic rings. The number of hydrogen-bond donors (Lipinski definition) is 0. The minimum absolute atomic E-state index is 0.107. The number of hydrogen-bond acceptors (Lipinski definition) is 6. The molecule has 6 nitrogen and oxygen atoms in total. The van der Waals surface area contributed by atoms with Crippen LogP contribution in [0.25, 0.3) is 0 Å². The Morgan fingerprint density at radius 1 is 0.313 bits per heavy atom. The molecule has 0 unspecified atom stereocenters. The van der Waals surface area contributed by atoms with Crippen molar-refractivity contribution in [2.75, 3.05) is 13.2 Å². The predicted octanol–water partition coefficient (Wildman–Crippen LogP) is 18.8. The molecule has 0 N–H and O–H groups in total. The van der Waals surface area contributed by atoms with Crippen molar-refractivity contribution in [1.82, 2.24) is 0 Å².